The molecule has 0 spiro atoms. The van der Waals surface area contributed by atoms with E-state index in [1.807, 2.05) is 0 Å². The van der Waals surface area contributed by atoms with Gasteiger partial charge in [0.25, 0.3) is 0 Å². The number of Topliss-reactive ketones (excluding diaryl/α,β-unsaturated/α-hetero) is 1. The maximum absolute atomic E-state index is 13.6. The zero-order valence-corrected chi connectivity index (χ0v) is 16.8. The van der Waals surface area contributed by atoms with Gasteiger partial charge in [-0.1, -0.05) is 41.0 Å². The number of aromatic nitrogens is 4. The highest BCUT2D eigenvalue weighted by Gasteiger charge is 2.38. The summed E-state index contributed by atoms with van der Waals surface area (Å²) in [5.74, 6) is -0.397. The van der Waals surface area contributed by atoms with Crippen molar-refractivity contribution in [2.24, 2.45) is 0 Å². The molecule has 1 N–H and O–H groups in total. The molecular weight excluding hydrogens is 410 g/mol. The summed E-state index contributed by atoms with van der Waals surface area (Å²) >= 11 is 6.03. The molecule has 0 bridgehead atoms. The summed E-state index contributed by atoms with van der Waals surface area (Å²) in [6.07, 6.45) is 0. The monoisotopic (exact) mass is 425 g/mol. The third kappa shape index (κ3) is 3.39. The fraction of sp³-hybridized carbons (Fsp3) is 0.150. The first kappa shape index (κ1) is 19.6. The van der Waals surface area contributed by atoms with Crippen LogP contribution in [0, 0.1) is 0 Å². The standard InChI is InChI=1S/C20H16ClN5O4/c1-29-14-5-3-4-12(10-14)18(27)15-16(19(28)30-2)22-20-23-24-25-26(20)17(15)11-6-8-13(21)9-7-11/h3-10,17H,1-2H3,(H,22,23,25)/t17-/m0/s1. The van der Waals surface area contributed by atoms with Gasteiger partial charge >= 0.3 is 5.97 Å². The van der Waals surface area contributed by atoms with Crippen molar-refractivity contribution in [1.29, 1.82) is 0 Å². The summed E-state index contributed by atoms with van der Waals surface area (Å²) in [5.41, 5.74) is 1.11. The highest BCUT2D eigenvalue weighted by atomic mass is 35.5. The fourth-order valence-corrected chi connectivity index (χ4v) is 3.39. The van der Waals surface area contributed by atoms with Crippen LogP contribution in [0.25, 0.3) is 0 Å². The van der Waals surface area contributed by atoms with Gasteiger partial charge in [-0.05, 0) is 40.3 Å². The SMILES string of the molecule is COC(=O)C1=C(C(=O)c2cccc(OC)c2)[C@H](c2ccc(Cl)cc2)n2nnnc2N1. The largest absolute Gasteiger partial charge is 0.497 e. The van der Waals surface area contributed by atoms with E-state index in [2.05, 4.69) is 20.8 Å². The average molecular weight is 426 g/mol. The molecule has 4 rings (SSSR count). The number of carbonyl (C=O) groups excluding carboxylic acids is 2. The number of rotatable bonds is 5. The van der Waals surface area contributed by atoms with E-state index < -0.39 is 17.8 Å². The Morgan fingerprint density at radius 2 is 1.90 bits per heavy atom. The lowest BCUT2D eigenvalue weighted by molar-refractivity contribution is -0.136. The molecule has 2 aromatic carbocycles. The number of fused-ring (bicyclic) bond motifs is 1. The molecular formula is C20H16ClN5O4. The third-order valence-electron chi connectivity index (χ3n) is 4.67. The molecule has 1 aliphatic heterocycles. The molecule has 0 saturated carbocycles. The predicted octanol–water partition coefficient (Wildman–Crippen LogP) is 2.66. The van der Waals surface area contributed by atoms with E-state index >= 15 is 0 Å². The highest BCUT2D eigenvalue weighted by Crippen LogP contribution is 2.37. The number of tetrazole rings is 1. The van der Waals surface area contributed by atoms with Crippen molar-refractivity contribution in [2.45, 2.75) is 6.04 Å². The van der Waals surface area contributed by atoms with Crippen molar-refractivity contribution in [3.05, 3.63) is 76.0 Å². The normalized spacial score (nSPS) is 15.2. The first-order valence-electron chi connectivity index (χ1n) is 8.85. The van der Waals surface area contributed by atoms with Crippen LogP contribution in [0.15, 0.2) is 59.8 Å². The first-order chi connectivity index (χ1) is 14.5. The van der Waals surface area contributed by atoms with Crippen LogP contribution in [0.1, 0.15) is 22.0 Å². The number of nitrogens with zero attached hydrogens (tertiary/aromatic N) is 4. The summed E-state index contributed by atoms with van der Waals surface area (Å²) in [4.78, 5) is 26.2. The predicted molar refractivity (Wildman–Crippen MR) is 107 cm³/mol. The number of ketones is 1. The highest BCUT2D eigenvalue weighted by molar-refractivity contribution is 6.30. The zero-order chi connectivity index (χ0) is 21.3. The molecule has 1 atom stereocenters. The smallest absolute Gasteiger partial charge is 0.355 e. The van der Waals surface area contributed by atoms with Crippen LogP contribution in [0.4, 0.5) is 5.95 Å². The first-order valence-corrected chi connectivity index (χ1v) is 9.23. The molecule has 10 heteroatoms. The van der Waals surface area contributed by atoms with Crippen molar-refractivity contribution < 1.29 is 19.1 Å². The second-order valence-corrected chi connectivity index (χ2v) is 6.80. The maximum atomic E-state index is 13.6. The van der Waals surface area contributed by atoms with Gasteiger partial charge in [0.2, 0.25) is 5.95 Å². The van der Waals surface area contributed by atoms with Crippen molar-refractivity contribution in [3.63, 3.8) is 0 Å². The molecule has 3 aromatic rings. The van der Waals surface area contributed by atoms with Crippen molar-refractivity contribution in [2.75, 3.05) is 19.5 Å². The van der Waals surface area contributed by atoms with Gasteiger partial charge in [-0.2, -0.15) is 4.68 Å². The van der Waals surface area contributed by atoms with E-state index in [0.717, 1.165) is 0 Å². The Morgan fingerprint density at radius 1 is 1.13 bits per heavy atom. The Labute approximate surface area is 176 Å². The molecule has 0 amide bonds. The quantitative estimate of drug-likeness (QED) is 0.491. The van der Waals surface area contributed by atoms with Crippen LogP contribution in [0.2, 0.25) is 5.02 Å². The van der Waals surface area contributed by atoms with E-state index in [4.69, 9.17) is 21.1 Å². The molecule has 0 radical (unpaired) electrons. The molecule has 1 aliphatic rings. The molecule has 0 fully saturated rings. The topological polar surface area (TPSA) is 108 Å². The number of esters is 1. The van der Waals surface area contributed by atoms with Crippen molar-refractivity contribution >= 4 is 29.3 Å². The lowest BCUT2D eigenvalue weighted by Crippen LogP contribution is -2.32. The number of benzene rings is 2. The van der Waals surface area contributed by atoms with Crippen LogP contribution in [0.5, 0.6) is 5.75 Å². The molecule has 9 nitrogen and oxygen atoms in total. The molecule has 152 valence electrons. The van der Waals surface area contributed by atoms with E-state index in [9.17, 15) is 9.59 Å². The number of carbonyl (C=O) groups is 2. The van der Waals surface area contributed by atoms with E-state index in [0.29, 0.717) is 21.9 Å². The summed E-state index contributed by atoms with van der Waals surface area (Å²) in [5, 5.41) is 14.9. The Balaban J connectivity index is 1.94. The molecule has 30 heavy (non-hydrogen) atoms. The average Bonchev–Trinajstić information content (AvgIpc) is 3.26. The number of hydrogen-bond donors (Lipinski definition) is 1. The summed E-state index contributed by atoms with van der Waals surface area (Å²) in [6.45, 7) is 0. The van der Waals surface area contributed by atoms with Crippen LogP contribution >= 0.6 is 11.6 Å². The second kappa shape index (κ2) is 7.96. The Bertz CT molecular complexity index is 1160. The molecule has 2 heterocycles. The van der Waals surface area contributed by atoms with Gasteiger partial charge in [0, 0.05) is 10.6 Å². The second-order valence-electron chi connectivity index (χ2n) is 6.37. The van der Waals surface area contributed by atoms with Crippen LogP contribution in [0.3, 0.4) is 0 Å². The number of hydrogen-bond acceptors (Lipinski definition) is 8. The van der Waals surface area contributed by atoms with Gasteiger partial charge in [0.1, 0.15) is 17.5 Å². The minimum atomic E-state index is -0.777. The van der Waals surface area contributed by atoms with Gasteiger partial charge in [0.15, 0.2) is 5.78 Å². The molecule has 0 unspecified atom stereocenters. The van der Waals surface area contributed by atoms with Crippen molar-refractivity contribution in [3.8, 4) is 5.75 Å². The van der Waals surface area contributed by atoms with Gasteiger partial charge in [-0.3, -0.25) is 4.79 Å². The van der Waals surface area contributed by atoms with Crippen LogP contribution in [-0.2, 0) is 9.53 Å². The zero-order valence-electron chi connectivity index (χ0n) is 16.0. The summed E-state index contributed by atoms with van der Waals surface area (Å²) in [7, 11) is 2.74. The maximum Gasteiger partial charge on any atom is 0.355 e. The molecule has 0 aliphatic carbocycles. The summed E-state index contributed by atoms with van der Waals surface area (Å²) < 4.78 is 11.6. The van der Waals surface area contributed by atoms with Crippen molar-refractivity contribution in [1.82, 2.24) is 20.2 Å². The third-order valence-corrected chi connectivity index (χ3v) is 4.92. The fourth-order valence-electron chi connectivity index (χ4n) is 3.26. The van der Waals surface area contributed by atoms with E-state index in [1.165, 1.54) is 18.9 Å². The number of allylic oxidation sites excluding steroid dienone is 1. The molecule has 1 aromatic heterocycles. The van der Waals surface area contributed by atoms with E-state index in [-0.39, 0.29) is 17.2 Å². The molecule has 0 saturated heterocycles. The number of halogens is 1. The van der Waals surface area contributed by atoms with E-state index in [1.54, 1.807) is 48.5 Å². The van der Waals surface area contributed by atoms with Crippen LogP contribution < -0.4 is 10.1 Å². The lowest BCUT2D eigenvalue weighted by atomic mass is 9.89. The minimum Gasteiger partial charge on any atom is -0.497 e. The van der Waals surface area contributed by atoms with Crippen LogP contribution in [-0.4, -0.2) is 46.2 Å². The Kier molecular flexibility index (Phi) is 5.20. The number of methoxy groups -OCH3 is 2. The van der Waals surface area contributed by atoms with Gasteiger partial charge in [0.05, 0.1) is 19.8 Å². The lowest BCUT2D eigenvalue weighted by Gasteiger charge is -2.28. The summed E-state index contributed by atoms with van der Waals surface area (Å²) in [6, 6.07) is 12.8. The Morgan fingerprint density at radius 3 is 2.60 bits per heavy atom. The minimum absolute atomic E-state index is 0.0347. The number of nitrogens with one attached hydrogen (secondary N) is 1. The number of ether oxygens (including phenoxy) is 2. The van der Waals surface area contributed by atoms with Gasteiger partial charge in [-0.15, -0.1) is 0 Å². The van der Waals surface area contributed by atoms with Gasteiger partial charge in [-0.25, -0.2) is 4.79 Å². The Hall–Kier alpha value is -3.72. The van der Waals surface area contributed by atoms with Gasteiger partial charge < -0.3 is 14.8 Å². The number of anilines is 1.